The molecule has 0 spiro atoms. The number of ether oxygens (including phenoxy) is 1. The van der Waals surface area contributed by atoms with Crippen molar-refractivity contribution < 1.29 is 4.74 Å². The van der Waals surface area contributed by atoms with E-state index in [2.05, 4.69) is 11.8 Å². The minimum atomic E-state index is 0.294. The predicted molar refractivity (Wildman–Crippen MR) is 48.0 cm³/mol. The van der Waals surface area contributed by atoms with Crippen LogP contribution in [0.3, 0.4) is 0 Å². The summed E-state index contributed by atoms with van der Waals surface area (Å²) in [5.74, 6) is 0. The van der Waals surface area contributed by atoms with Crippen LogP contribution < -0.4 is 5.73 Å². The summed E-state index contributed by atoms with van der Waals surface area (Å²) < 4.78 is 5.73. The van der Waals surface area contributed by atoms with Crippen LogP contribution in [0.2, 0.25) is 0 Å². The number of nitrogens with two attached hydrogens (primary N) is 1. The number of fused-ring (bicyclic) bond motifs is 2. The molecule has 3 heteroatoms. The Kier molecular flexibility index (Phi) is 2.35. The van der Waals surface area contributed by atoms with E-state index in [1.165, 1.54) is 12.8 Å². The zero-order chi connectivity index (χ0) is 8.55. The van der Waals surface area contributed by atoms with Gasteiger partial charge in [0.2, 0.25) is 0 Å². The predicted octanol–water partition coefficient (Wildman–Crippen LogP) is 0.197. The van der Waals surface area contributed by atoms with Crippen LogP contribution in [0, 0.1) is 0 Å². The molecule has 2 aliphatic rings. The van der Waals surface area contributed by atoms with Crippen LogP contribution in [0.5, 0.6) is 0 Å². The first-order valence-corrected chi connectivity index (χ1v) is 4.87. The lowest BCUT2D eigenvalue weighted by Crippen LogP contribution is -2.46. The van der Waals surface area contributed by atoms with Crippen LogP contribution in [0.1, 0.15) is 19.8 Å². The van der Waals surface area contributed by atoms with E-state index in [1.54, 1.807) is 0 Å². The summed E-state index contributed by atoms with van der Waals surface area (Å²) in [6.07, 6.45) is 3.50. The Morgan fingerprint density at radius 2 is 2.00 bits per heavy atom. The number of likely N-dealkylation sites (tertiary alicyclic amines) is 1. The standard InChI is InChI=1S/C9H18N2O/c1-7(10)4-11-5-8-2-3-9(6-11)12-8/h7-9H,2-6,10H2,1H3. The molecule has 12 heavy (non-hydrogen) atoms. The topological polar surface area (TPSA) is 38.5 Å². The van der Waals surface area contributed by atoms with E-state index >= 15 is 0 Å². The zero-order valence-corrected chi connectivity index (χ0v) is 7.70. The van der Waals surface area contributed by atoms with Crippen molar-refractivity contribution in [3.63, 3.8) is 0 Å². The van der Waals surface area contributed by atoms with Crippen molar-refractivity contribution in [3.05, 3.63) is 0 Å². The molecule has 0 amide bonds. The smallest absolute Gasteiger partial charge is 0.0707 e. The number of morpholine rings is 1. The second kappa shape index (κ2) is 3.32. The van der Waals surface area contributed by atoms with E-state index in [0.29, 0.717) is 18.2 Å². The molecular formula is C9H18N2O. The van der Waals surface area contributed by atoms with E-state index < -0.39 is 0 Å². The summed E-state index contributed by atoms with van der Waals surface area (Å²) in [6.45, 7) is 5.28. The van der Waals surface area contributed by atoms with Crippen LogP contribution in [-0.2, 0) is 4.74 Å². The summed E-state index contributed by atoms with van der Waals surface area (Å²) in [5, 5.41) is 0. The van der Waals surface area contributed by atoms with Gasteiger partial charge in [-0.2, -0.15) is 0 Å². The minimum Gasteiger partial charge on any atom is -0.372 e. The summed E-state index contributed by atoms with van der Waals surface area (Å²) >= 11 is 0. The SMILES string of the molecule is CC(N)CN1CC2CCC(C1)O2. The lowest BCUT2D eigenvalue weighted by molar-refractivity contribution is -0.0392. The van der Waals surface area contributed by atoms with Gasteiger partial charge < -0.3 is 10.5 Å². The average molecular weight is 170 g/mol. The number of hydrogen-bond acceptors (Lipinski definition) is 3. The maximum Gasteiger partial charge on any atom is 0.0707 e. The molecule has 2 saturated heterocycles. The lowest BCUT2D eigenvalue weighted by atomic mass is 10.2. The molecule has 0 aromatic rings. The third-order valence-corrected chi connectivity index (χ3v) is 2.67. The largest absolute Gasteiger partial charge is 0.372 e. The highest BCUT2D eigenvalue weighted by atomic mass is 16.5. The van der Waals surface area contributed by atoms with E-state index in [0.717, 1.165) is 19.6 Å². The molecule has 70 valence electrons. The van der Waals surface area contributed by atoms with Gasteiger partial charge in [-0.3, -0.25) is 4.90 Å². The van der Waals surface area contributed by atoms with Crippen LogP contribution in [0.4, 0.5) is 0 Å². The molecule has 3 atom stereocenters. The van der Waals surface area contributed by atoms with E-state index in [4.69, 9.17) is 10.5 Å². The molecule has 2 N–H and O–H groups in total. The Balaban J connectivity index is 1.85. The van der Waals surface area contributed by atoms with Crippen LogP contribution >= 0.6 is 0 Å². The second-order valence-corrected chi connectivity index (χ2v) is 4.15. The number of rotatable bonds is 2. The molecule has 0 radical (unpaired) electrons. The lowest BCUT2D eigenvalue weighted by Gasteiger charge is -2.32. The molecule has 3 unspecified atom stereocenters. The van der Waals surface area contributed by atoms with Crippen molar-refractivity contribution >= 4 is 0 Å². The molecule has 3 nitrogen and oxygen atoms in total. The molecule has 0 aromatic carbocycles. The molecule has 2 heterocycles. The fourth-order valence-corrected chi connectivity index (χ4v) is 2.26. The van der Waals surface area contributed by atoms with Crippen molar-refractivity contribution in [2.75, 3.05) is 19.6 Å². The Hall–Kier alpha value is -0.120. The average Bonchev–Trinajstić information content (AvgIpc) is 2.29. The van der Waals surface area contributed by atoms with Crippen molar-refractivity contribution in [1.82, 2.24) is 4.90 Å². The summed E-state index contributed by atoms with van der Waals surface area (Å²) in [7, 11) is 0. The van der Waals surface area contributed by atoms with Crippen LogP contribution in [0.15, 0.2) is 0 Å². The second-order valence-electron chi connectivity index (χ2n) is 4.15. The molecule has 2 aliphatic heterocycles. The van der Waals surface area contributed by atoms with Gasteiger partial charge in [-0.15, -0.1) is 0 Å². The maximum absolute atomic E-state index is 5.75. The molecule has 2 fully saturated rings. The molecule has 2 bridgehead atoms. The maximum atomic E-state index is 5.75. The van der Waals surface area contributed by atoms with Gasteiger partial charge in [0.05, 0.1) is 12.2 Å². The van der Waals surface area contributed by atoms with Crippen molar-refractivity contribution in [2.24, 2.45) is 5.73 Å². The zero-order valence-electron chi connectivity index (χ0n) is 7.70. The fraction of sp³-hybridized carbons (Fsp3) is 1.00. The van der Waals surface area contributed by atoms with E-state index in [1.807, 2.05) is 0 Å². The molecule has 0 saturated carbocycles. The van der Waals surface area contributed by atoms with Gasteiger partial charge >= 0.3 is 0 Å². The van der Waals surface area contributed by atoms with Crippen molar-refractivity contribution in [3.8, 4) is 0 Å². The third kappa shape index (κ3) is 1.79. The van der Waals surface area contributed by atoms with Gasteiger partial charge in [0, 0.05) is 25.7 Å². The minimum absolute atomic E-state index is 0.294. The molecular weight excluding hydrogens is 152 g/mol. The summed E-state index contributed by atoms with van der Waals surface area (Å²) in [5.41, 5.74) is 5.75. The molecule has 0 aliphatic carbocycles. The summed E-state index contributed by atoms with van der Waals surface area (Å²) in [6, 6.07) is 0.294. The van der Waals surface area contributed by atoms with Gasteiger partial charge in [-0.05, 0) is 19.8 Å². The third-order valence-electron chi connectivity index (χ3n) is 2.67. The summed E-state index contributed by atoms with van der Waals surface area (Å²) in [4.78, 5) is 2.44. The normalized spacial score (nSPS) is 38.5. The first-order chi connectivity index (χ1) is 5.74. The highest BCUT2D eigenvalue weighted by Crippen LogP contribution is 2.25. The van der Waals surface area contributed by atoms with Gasteiger partial charge in [0.1, 0.15) is 0 Å². The Labute approximate surface area is 73.9 Å². The monoisotopic (exact) mass is 170 g/mol. The highest BCUT2D eigenvalue weighted by molar-refractivity contribution is 4.85. The molecule has 2 rings (SSSR count). The quantitative estimate of drug-likeness (QED) is 0.643. The highest BCUT2D eigenvalue weighted by Gasteiger charge is 2.33. The Bertz CT molecular complexity index is 149. The van der Waals surface area contributed by atoms with E-state index in [9.17, 15) is 0 Å². The first-order valence-electron chi connectivity index (χ1n) is 4.87. The van der Waals surface area contributed by atoms with Gasteiger partial charge in [0.25, 0.3) is 0 Å². The molecule has 0 aromatic heterocycles. The Morgan fingerprint density at radius 3 is 2.50 bits per heavy atom. The van der Waals surface area contributed by atoms with E-state index in [-0.39, 0.29) is 0 Å². The fourth-order valence-electron chi connectivity index (χ4n) is 2.26. The first kappa shape index (κ1) is 8.48. The van der Waals surface area contributed by atoms with Crippen LogP contribution in [-0.4, -0.2) is 42.8 Å². The van der Waals surface area contributed by atoms with Gasteiger partial charge in [0.15, 0.2) is 0 Å². The number of nitrogens with zero attached hydrogens (tertiary/aromatic N) is 1. The van der Waals surface area contributed by atoms with Crippen LogP contribution in [0.25, 0.3) is 0 Å². The van der Waals surface area contributed by atoms with Gasteiger partial charge in [-0.25, -0.2) is 0 Å². The van der Waals surface area contributed by atoms with Crippen molar-refractivity contribution in [1.29, 1.82) is 0 Å². The number of hydrogen-bond donors (Lipinski definition) is 1. The Morgan fingerprint density at radius 1 is 1.42 bits per heavy atom. The van der Waals surface area contributed by atoms with Crippen molar-refractivity contribution in [2.45, 2.75) is 38.0 Å². The van der Waals surface area contributed by atoms with Gasteiger partial charge in [-0.1, -0.05) is 0 Å².